The second-order valence-electron chi connectivity index (χ2n) is 6.30. The summed E-state index contributed by atoms with van der Waals surface area (Å²) < 4.78 is 39.4. The van der Waals surface area contributed by atoms with Crippen molar-refractivity contribution in [3.05, 3.63) is 35.4 Å². The third-order valence-corrected chi connectivity index (χ3v) is 4.97. The molecule has 0 bridgehead atoms. The third kappa shape index (κ3) is 2.85. The molecular weight excluding hydrogens is 291 g/mol. The van der Waals surface area contributed by atoms with Gasteiger partial charge in [0.1, 0.15) is 0 Å². The van der Waals surface area contributed by atoms with Gasteiger partial charge in [0.15, 0.2) is 0 Å². The molecule has 5 heteroatoms. The lowest BCUT2D eigenvalue weighted by molar-refractivity contribution is -0.138. The van der Waals surface area contributed by atoms with Gasteiger partial charge in [-0.05, 0) is 43.7 Å². The zero-order valence-electron chi connectivity index (χ0n) is 12.4. The van der Waals surface area contributed by atoms with Crippen LogP contribution in [0.5, 0.6) is 0 Å². The molecule has 2 aliphatic rings. The highest BCUT2D eigenvalue weighted by atomic mass is 19.4. The van der Waals surface area contributed by atoms with E-state index in [4.69, 9.17) is 0 Å². The topological polar surface area (TPSA) is 20.3 Å². The molecule has 1 saturated carbocycles. The summed E-state index contributed by atoms with van der Waals surface area (Å²) in [5, 5.41) is 0. The summed E-state index contributed by atoms with van der Waals surface area (Å²) in [6.45, 7) is 0.576. The minimum Gasteiger partial charge on any atom is -0.335 e. The number of carbonyl (C=O) groups excluding carboxylic acids is 1. The first kappa shape index (κ1) is 15.4. The minimum absolute atomic E-state index is 0.122. The number of benzene rings is 1. The van der Waals surface area contributed by atoms with E-state index in [1.165, 1.54) is 24.6 Å². The molecule has 2 fully saturated rings. The minimum atomic E-state index is -4.49. The van der Waals surface area contributed by atoms with Crippen LogP contribution in [0.3, 0.4) is 0 Å². The van der Waals surface area contributed by atoms with Gasteiger partial charge in [-0.3, -0.25) is 4.79 Å². The summed E-state index contributed by atoms with van der Waals surface area (Å²) in [6, 6.07) is 5.26. The van der Waals surface area contributed by atoms with Gasteiger partial charge in [-0.25, -0.2) is 0 Å². The lowest BCUT2D eigenvalue weighted by Gasteiger charge is -2.44. The van der Waals surface area contributed by atoms with Crippen molar-refractivity contribution in [2.45, 2.75) is 50.7 Å². The summed E-state index contributed by atoms with van der Waals surface area (Å²) in [7, 11) is 0. The largest absolute Gasteiger partial charge is 0.417 e. The number of amides is 1. The van der Waals surface area contributed by atoms with Crippen LogP contribution in [0.1, 0.15) is 54.4 Å². The van der Waals surface area contributed by atoms with E-state index in [9.17, 15) is 18.0 Å². The van der Waals surface area contributed by atoms with Gasteiger partial charge < -0.3 is 4.90 Å². The second kappa shape index (κ2) is 5.94. The normalized spacial score (nSPS) is 25.7. The number of nitrogens with zero attached hydrogens (tertiary/aromatic N) is 1. The van der Waals surface area contributed by atoms with Crippen molar-refractivity contribution in [2.24, 2.45) is 5.92 Å². The summed E-state index contributed by atoms with van der Waals surface area (Å²) in [6.07, 6.45) is 1.73. The molecular formula is C17H20F3NO. The standard InChI is InChI=1S/C17H20F3NO/c18-17(19,20)14-9-3-2-8-13(14)16(22)21-11-5-7-12-6-1-4-10-15(12)21/h2-3,8-9,12,15H,1,4-7,10-11H2. The van der Waals surface area contributed by atoms with Crippen molar-refractivity contribution in [2.75, 3.05) is 6.54 Å². The van der Waals surface area contributed by atoms with E-state index in [0.29, 0.717) is 12.5 Å². The highest BCUT2D eigenvalue weighted by Crippen LogP contribution is 2.38. The van der Waals surface area contributed by atoms with Crippen molar-refractivity contribution < 1.29 is 18.0 Å². The quantitative estimate of drug-likeness (QED) is 0.748. The predicted molar refractivity (Wildman–Crippen MR) is 77.5 cm³/mol. The van der Waals surface area contributed by atoms with E-state index in [0.717, 1.165) is 38.2 Å². The van der Waals surface area contributed by atoms with Crippen LogP contribution < -0.4 is 0 Å². The van der Waals surface area contributed by atoms with E-state index in [2.05, 4.69) is 0 Å². The number of carbonyl (C=O) groups is 1. The zero-order chi connectivity index (χ0) is 15.7. The molecule has 1 aliphatic heterocycles. The molecule has 2 atom stereocenters. The third-order valence-electron chi connectivity index (χ3n) is 4.97. The van der Waals surface area contributed by atoms with E-state index < -0.39 is 17.6 Å². The SMILES string of the molecule is O=C(c1ccccc1C(F)(F)F)N1CCCC2CCCCC21. The smallest absolute Gasteiger partial charge is 0.335 e. The number of likely N-dealkylation sites (tertiary alicyclic amines) is 1. The Hall–Kier alpha value is -1.52. The van der Waals surface area contributed by atoms with Crippen LogP contribution in [0.4, 0.5) is 13.2 Å². The van der Waals surface area contributed by atoms with Crippen molar-refractivity contribution >= 4 is 5.91 Å². The lowest BCUT2D eigenvalue weighted by atomic mass is 9.78. The highest BCUT2D eigenvalue weighted by Gasteiger charge is 2.40. The maximum Gasteiger partial charge on any atom is 0.417 e. The van der Waals surface area contributed by atoms with Crippen molar-refractivity contribution in [3.63, 3.8) is 0 Å². The summed E-state index contributed by atoms with van der Waals surface area (Å²) in [4.78, 5) is 14.5. The molecule has 1 saturated heterocycles. The Balaban J connectivity index is 1.90. The fourth-order valence-corrected chi connectivity index (χ4v) is 3.95. The number of rotatable bonds is 1. The van der Waals surface area contributed by atoms with E-state index in [-0.39, 0.29) is 11.6 Å². The van der Waals surface area contributed by atoms with Crippen LogP contribution >= 0.6 is 0 Å². The molecule has 120 valence electrons. The number of halogens is 3. The Morgan fingerprint density at radius 1 is 1.05 bits per heavy atom. The Bertz CT molecular complexity index is 553. The molecule has 2 unspecified atom stereocenters. The van der Waals surface area contributed by atoms with E-state index in [1.807, 2.05) is 0 Å². The molecule has 1 heterocycles. The Kier molecular flexibility index (Phi) is 4.15. The van der Waals surface area contributed by atoms with Gasteiger partial charge in [0.2, 0.25) is 0 Å². The van der Waals surface area contributed by atoms with Gasteiger partial charge in [0, 0.05) is 12.6 Å². The van der Waals surface area contributed by atoms with Gasteiger partial charge in [0.25, 0.3) is 5.91 Å². The number of piperidine rings is 1. The van der Waals surface area contributed by atoms with Gasteiger partial charge >= 0.3 is 6.18 Å². The molecule has 0 aromatic heterocycles. The molecule has 0 radical (unpaired) electrons. The van der Waals surface area contributed by atoms with Crippen molar-refractivity contribution in [1.29, 1.82) is 0 Å². The van der Waals surface area contributed by atoms with Crippen LogP contribution in [0, 0.1) is 5.92 Å². The fourth-order valence-electron chi connectivity index (χ4n) is 3.95. The average Bonchev–Trinajstić information content (AvgIpc) is 2.53. The molecule has 0 N–H and O–H groups in total. The number of hydrogen-bond acceptors (Lipinski definition) is 1. The first-order valence-electron chi connectivity index (χ1n) is 7.95. The monoisotopic (exact) mass is 311 g/mol. The summed E-state index contributed by atoms with van der Waals surface area (Å²) in [5.74, 6) is 0.00836. The Morgan fingerprint density at radius 3 is 2.50 bits per heavy atom. The maximum absolute atomic E-state index is 13.1. The highest BCUT2D eigenvalue weighted by molar-refractivity contribution is 5.96. The molecule has 1 amide bonds. The number of hydrogen-bond donors (Lipinski definition) is 0. The molecule has 1 aromatic carbocycles. The second-order valence-corrected chi connectivity index (χ2v) is 6.30. The van der Waals surface area contributed by atoms with Gasteiger partial charge in [-0.15, -0.1) is 0 Å². The predicted octanol–water partition coefficient (Wildman–Crippen LogP) is 4.50. The summed E-state index contributed by atoms with van der Waals surface area (Å²) in [5.41, 5.74) is -1.03. The molecule has 0 spiro atoms. The average molecular weight is 311 g/mol. The van der Waals surface area contributed by atoms with Gasteiger partial charge in [-0.1, -0.05) is 25.0 Å². The van der Waals surface area contributed by atoms with Crippen LogP contribution in [0.15, 0.2) is 24.3 Å². The fraction of sp³-hybridized carbons (Fsp3) is 0.588. The number of alkyl halides is 3. The summed E-state index contributed by atoms with van der Waals surface area (Å²) >= 11 is 0. The number of fused-ring (bicyclic) bond motifs is 1. The van der Waals surface area contributed by atoms with Crippen molar-refractivity contribution in [3.8, 4) is 0 Å². The molecule has 2 nitrogen and oxygen atoms in total. The Labute approximate surface area is 128 Å². The van der Waals surface area contributed by atoms with Crippen LogP contribution in [-0.2, 0) is 6.18 Å². The zero-order valence-corrected chi connectivity index (χ0v) is 12.4. The lowest BCUT2D eigenvalue weighted by Crippen LogP contribution is -2.50. The Morgan fingerprint density at radius 2 is 1.73 bits per heavy atom. The molecule has 1 aliphatic carbocycles. The molecule has 3 rings (SSSR count). The van der Waals surface area contributed by atoms with E-state index in [1.54, 1.807) is 4.90 Å². The van der Waals surface area contributed by atoms with Gasteiger partial charge in [0.05, 0.1) is 11.1 Å². The first-order chi connectivity index (χ1) is 10.5. The molecule has 1 aromatic rings. The van der Waals surface area contributed by atoms with Crippen LogP contribution in [0.25, 0.3) is 0 Å². The van der Waals surface area contributed by atoms with Crippen LogP contribution in [0.2, 0.25) is 0 Å². The van der Waals surface area contributed by atoms with Gasteiger partial charge in [-0.2, -0.15) is 13.2 Å². The first-order valence-corrected chi connectivity index (χ1v) is 7.95. The van der Waals surface area contributed by atoms with E-state index >= 15 is 0 Å². The van der Waals surface area contributed by atoms with Crippen molar-refractivity contribution in [1.82, 2.24) is 4.90 Å². The van der Waals surface area contributed by atoms with Crippen LogP contribution in [-0.4, -0.2) is 23.4 Å². The molecule has 22 heavy (non-hydrogen) atoms. The maximum atomic E-state index is 13.1.